The van der Waals surface area contributed by atoms with Crippen LogP contribution in [0, 0.1) is 25.2 Å². The van der Waals surface area contributed by atoms with Crippen molar-refractivity contribution < 1.29 is 4.74 Å². The molecule has 0 aliphatic carbocycles. The van der Waals surface area contributed by atoms with Crippen molar-refractivity contribution in [2.24, 2.45) is 0 Å². The highest BCUT2D eigenvalue weighted by atomic mass is 32.2. The van der Waals surface area contributed by atoms with Gasteiger partial charge >= 0.3 is 0 Å². The number of benzene rings is 1. The van der Waals surface area contributed by atoms with Crippen molar-refractivity contribution in [1.29, 1.82) is 5.26 Å². The minimum Gasteiger partial charge on any atom is -0.493 e. The van der Waals surface area contributed by atoms with Gasteiger partial charge < -0.3 is 4.74 Å². The van der Waals surface area contributed by atoms with Gasteiger partial charge in [-0.05, 0) is 26.0 Å². The van der Waals surface area contributed by atoms with Gasteiger partial charge in [-0.15, -0.1) is 11.8 Å². The van der Waals surface area contributed by atoms with E-state index in [0.717, 1.165) is 22.2 Å². The molecule has 20 heavy (non-hydrogen) atoms. The van der Waals surface area contributed by atoms with E-state index in [0.29, 0.717) is 18.0 Å². The number of rotatable bonds is 5. The van der Waals surface area contributed by atoms with E-state index in [9.17, 15) is 0 Å². The topological polar surface area (TPSA) is 58.8 Å². The minimum absolute atomic E-state index is 0.556. The van der Waals surface area contributed by atoms with E-state index in [2.05, 4.69) is 16.0 Å². The molecule has 0 spiro atoms. The summed E-state index contributed by atoms with van der Waals surface area (Å²) < 4.78 is 5.61. The Balaban J connectivity index is 1.93. The van der Waals surface area contributed by atoms with Crippen molar-refractivity contribution in [2.45, 2.75) is 18.9 Å². The first kappa shape index (κ1) is 14.4. The van der Waals surface area contributed by atoms with Crippen molar-refractivity contribution in [1.82, 2.24) is 9.97 Å². The second-order valence-electron chi connectivity index (χ2n) is 4.16. The first-order valence-corrected chi connectivity index (χ1v) is 7.25. The highest BCUT2D eigenvalue weighted by molar-refractivity contribution is 7.99. The molecule has 0 radical (unpaired) electrons. The van der Waals surface area contributed by atoms with Crippen molar-refractivity contribution >= 4 is 11.8 Å². The van der Waals surface area contributed by atoms with Gasteiger partial charge in [0.25, 0.3) is 0 Å². The SMILES string of the molecule is Cc1nc(C)c(C#N)c(SCCOc2ccccc2)n1. The monoisotopic (exact) mass is 285 g/mol. The van der Waals surface area contributed by atoms with Crippen LogP contribution < -0.4 is 4.74 Å². The Morgan fingerprint density at radius 1 is 1.20 bits per heavy atom. The highest BCUT2D eigenvalue weighted by Crippen LogP contribution is 2.22. The third-order valence-corrected chi connectivity index (χ3v) is 3.55. The maximum atomic E-state index is 9.15. The summed E-state index contributed by atoms with van der Waals surface area (Å²) in [5.41, 5.74) is 1.28. The Bertz CT molecular complexity index is 623. The summed E-state index contributed by atoms with van der Waals surface area (Å²) in [6.45, 7) is 4.23. The molecule has 102 valence electrons. The fourth-order valence-electron chi connectivity index (χ4n) is 1.73. The molecule has 0 saturated heterocycles. The molecule has 0 aliphatic rings. The molecule has 2 rings (SSSR count). The maximum absolute atomic E-state index is 9.15. The molecular weight excluding hydrogens is 270 g/mol. The van der Waals surface area contributed by atoms with Crippen LogP contribution in [0.3, 0.4) is 0 Å². The molecule has 0 bridgehead atoms. The van der Waals surface area contributed by atoms with Crippen LogP contribution in [0.5, 0.6) is 5.75 Å². The Labute approximate surface area is 122 Å². The fourth-order valence-corrected chi connectivity index (χ4v) is 2.62. The Hall–Kier alpha value is -2.06. The van der Waals surface area contributed by atoms with Gasteiger partial charge in [0, 0.05) is 5.75 Å². The van der Waals surface area contributed by atoms with Crippen molar-refractivity contribution in [3.8, 4) is 11.8 Å². The molecule has 2 aromatic rings. The van der Waals surface area contributed by atoms with Gasteiger partial charge in [-0.2, -0.15) is 5.26 Å². The molecule has 0 amide bonds. The van der Waals surface area contributed by atoms with Gasteiger partial charge in [-0.1, -0.05) is 18.2 Å². The lowest BCUT2D eigenvalue weighted by Crippen LogP contribution is -2.03. The molecule has 0 unspecified atom stereocenters. The zero-order valence-electron chi connectivity index (χ0n) is 11.5. The minimum atomic E-state index is 0.556. The molecule has 1 heterocycles. The van der Waals surface area contributed by atoms with Crippen LogP contribution in [0.25, 0.3) is 0 Å². The average Bonchev–Trinajstić information content (AvgIpc) is 2.44. The number of para-hydroxylation sites is 1. The summed E-state index contributed by atoms with van der Waals surface area (Å²) in [6.07, 6.45) is 0. The second kappa shape index (κ2) is 6.92. The molecule has 5 heteroatoms. The normalized spacial score (nSPS) is 10.1. The summed E-state index contributed by atoms with van der Waals surface area (Å²) in [7, 11) is 0. The van der Waals surface area contributed by atoms with Crippen molar-refractivity contribution in [2.75, 3.05) is 12.4 Å². The maximum Gasteiger partial charge on any atom is 0.126 e. The zero-order valence-corrected chi connectivity index (χ0v) is 12.3. The van der Waals surface area contributed by atoms with Crippen LogP contribution >= 0.6 is 11.8 Å². The van der Waals surface area contributed by atoms with E-state index < -0.39 is 0 Å². The van der Waals surface area contributed by atoms with E-state index in [1.165, 1.54) is 11.8 Å². The lowest BCUT2D eigenvalue weighted by atomic mass is 10.3. The number of nitriles is 1. The van der Waals surface area contributed by atoms with Gasteiger partial charge in [0.15, 0.2) is 0 Å². The molecule has 0 atom stereocenters. The number of ether oxygens (including phenoxy) is 1. The first-order valence-electron chi connectivity index (χ1n) is 6.26. The smallest absolute Gasteiger partial charge is 0.126 e. The summed E-state index contributed by atoms with van der Waals surface area (Å²) in [6, 6.07) is 11.8. The predicted octanol–water partition coefficient (Wildman–Crippen LogP) is 3.14. The first-order chi connectivity index (χ1) is 9.70. The molecule has 4 nitrogen and oxygen atoms in total. The number of hydrogen-bond acceptors (Lipinski definition) is 5. The Kier molecular flexibility index (Phi) is 4.97. The molecular formula is C15H15N3OS. The third kappa shape index (κ3) is 3.72. The van der Waals surface area contributed by atoms with E-state index in [1.807, 2.05) is 44.2 Å². The largest absolute Gasteiger partial charge is 0.493 e. The molecule has 0 N–H and O–H groups in total. The Morgan fingerprint density at radius 3 is 2.65 bits per heavy atom. The van der Waals surface area contributed by atoms with Crippen LogP contribution in [-0.2, 0) is 0 Å². The molecule has 1 aromatic heterocycles. The second-order valence-corrected chi connectivity index (χ2v) is 5.24. The standard InChI is InChI=1S/C15H15N3OS/c1-11-14(10-16)15(18-12(2)17-11)20-9-8-19-13-6-4-3-5-7-13/h3-7H,8-9H2,1-2H3. The van der Waals surface area contributed by atoms with Gasteiger partial charge in [-0.3, -0.25) is 0 Å². The zero-order chi connectivity index (χ0) is 14.4. The third-order valence-electron chi connectivity index (χ3n) is 2.61. The number of nitrogens with zero attached hydrogens (tertiary/aromatic N) is 3. The van der Waals surface area contributed by atoms with Gasteiger partial charge in [0.05, 0.1) is 12.3 Å². The van der Waals surface area contributed by atoms with Crippen LogP contribution in [0.1, 0.15) is 17.1 Å². The van der Waals surface area contributed by atoms with E-state index in [1.54, 1.807) is 0 Å². The average molecular weight is 285 g/mol. The quantitative estimate of drug-likeness (QED) is 0.480. The van der Waals surface area contributed by atoms with Gasteiger partial charge in [0.1, 0.15) is 28.2 Å². The molecule has 0 saturated carbocycles. The van der Waals surface area contributed by atoms with E-state index in [4.69, 9.17) is 10.00 Å². The highest BCUT2D eigenvalue weighted by Gasteiger charge is 2.10. The van der Waals surface area contributed by atoms with Crippen molar-refractivity contribution in [3.05, 3.63) is 47.4 Å². The van der Waals surface area contributed by atoms with Crippen LogP contribution in [-0.4, -0.2) is 22.3 Å². The summed E-state index contributed by atoms with van der Waals surface area (Å²) in [5.74, 6) is 2.27. The van der Waals surface area contributed by atoms with Gasteiger partial charge in [0.2, 0.25) is 0 Å². The predicted molar refractivity (Wildman–Crippen MR) is 78.9 cm³/mol. The molecule has 0 aliphatic heterocycles. The van der Waals surface area contributed by atoms with Crippen LogP contribution in [0.2, 0.25) is 0 Å². The van der Waals surface area contributed by atoms with Gasteiger partial charge in [-0.25, -0.2) is 9.97 Å². The van der Waals surface area contributed by atoms with E-state index in [-0.39, 0.29) is 0 Å². The lowest BCUT2D eigenvalue weighted by molar-refractivity contribution is 0.344. The number of aryl methyl sites for hydroxylation is 2. The summed E-state index contributed by atoms with van der Waals surface area (Å²) in [4.78, 5) is 8.53. The summed E-state index contributed by atoms with van der Waals surface area (Å²) in [5, 5.41) is 9.88. The fraction of sp³-hybridized carbons (Fsp3) is 0.267. The van der Waals surface area contributed by atoms with Crippen LogP contribution in [0.15, 0.2) is 35.4 Å². The number of thioether (sulfide) groups is 1. The lowest BCUT2D eigenvalue weighted by Gasteiger charge is -2.08. The van der Waals surface area contributed by atoms with E-state index >= 15 is 0 Å². The van der Waals surface area contributed by atoms with Crippen LogP contribution in [0.4, 0.5) is 0 Å². The number of hydrogen-bond donors (Lipinski definition) is 0. The van der Waals surface area contributed by atoms with Crippen molar-refractivity contribution in [3.63, 3.8) is 0 Å². The number of aromatic nitrogens is 2. The molecule has 1 aromatic carbocycles. The Morgan fingerprint density at radius 2 is 1.95 bits per heavy atom. The summed E-state index contributed by atoms with van der Waals surface area (Å²) >= 11 is 1.52. The molecule has 0 fully saturated rings.